The molecule has 0 nitrogen and oxygen atoms in total. The Kier molecular flexibility index (Phi) is 5.52. The minimum atomic E-state index is 0.850. The molecule has 0 radical (unpaired) electrons. The maximum atomic E-state index is 6.17. The third kappa shape index (κ3) is 3.80. The molecule has 0 amide bonds. The lowest BCUT2D eigenvalue weighted by Crippen LogP contribution is -1.86. The summed E-state index contributed by atoms with van der Waals surface area (Å²) in [4.78, 5) is 7.97. The second kappa shape index (κ2) is 7.99. The summed E-state index contributed by atoms with van der Waals surface area (Å²) in [5.74, 6) is 0. The molecule has 0 saturated carbocycles. The van der Waals surface area contributed by atoms with Gasteiger partial charge in [0.1, 0.15) is 0 Å². The second-order valence-electron chi connectivity index (χ2n) is 7.18. The van der Waals surface area contributed by atoms with E-state index in [2.05, 4.69) is 38.1 Å². The molecule has 29 heavy (non-hydrogen) atoms. The van der Waals surface area contributed by atoms with Gasteiger partial charge in [-0.25, -0.2) is 0 Å². The maximum absolute atomic E-state index is 6.17. The van der Waals surface area contributed by atoms with Crippen molar-refractivity contribution >= 4 is 79.7 Å². The molecule has 148 valence electrons. The van der Waals surface area contributed by atoms with Crippen LogP contribution in [0, 0.1) is 13.8 Å². The van der Waals surface area contributed by atoms with Crippen molar-refractivity contribution in [3.05, 3.63) is 66.0 Å². The number of allylic oxidation sites excluding steroid dienone is 2. The molecule has 0 unspecified atom stereocenters. The van der Waals surface area contributed by atoms with Crippen molar-refractivity contribution in [3.8, 4) is 19.5 Å². The van der Waals surface area contributed by atoms with Crippen molar-refractivity contribution in [1.82, 2.24) is 0 Å². The molecular weight excluding hydrogens is 475 g/mol. The van der Waals surface area contributed by atoms with Gasteiger partial charge < -0.3 is 0 Å². The Bertz CT molecular complexity index is 1140. The molecule has 5 rings (SSSR count). The van der Waals surface area contributed by atoms with Crippen molar-refractivity contribution in [1.29, 1.82) is 0 Å². The number of aryl methyl sites for hydroxylation is 2. The highest BCUT2D eigenvalue weighted by atomic mass is 35.5. The molecule has 0 spiro atoms. The molecule has 0 N–H and O–H groups in total. The maximum Gasteiger partial charge on any atom is 0.0935 e. The van der Waals surface area contributed by atoms with Gasteiger partial charge in [0.05, 0.1) is 8.67 Å². The Labute approximate surface area is 197 Å². The van der Waals surface area contributed by atoms with Gasteiger partial charge in [0.25, 0.3) is 0 Å². The molecule has 0 aromatic carbocycles. The van der Waals surface area contributed by atoms with E-state index in [1.54, 1.807) is 22.7 Å². The zero-order chi connectivity index (χ0) is 20.1. The van der Waals surface area contributed by atoms with Crippen LogP contribution in [0.15, 0.2) is 36.4 Å². The summed E-state index contributed by atoms with van der Waals surface area (Å²) < 4.78 is 1.70. The van der Waals surface area contributed by atoms with Crippen LogP contribution < -0.4 is 0 Å². The Morgan fingerprint density at radius 2 is 1.07 bits per heavy atom. The average molecular weight is 494 g/mol. The monoisotopic (exact) mass is 492 g/mol. The quantitative estimate of drug-likeness (QED) is 0.265. The van der Waals surface area contributed by atoms with Crippen molar-refractivity contribution in [2.75, 3.05) is 0 Å². The van der Waals surface area contributed by atoms with Gasteiger partial charge in [-0.3, -0.25) is 0 Å². The van der Waals surface area contributed by atoms with E-state index in [9.17, 15) is 0 Å². The third-order valence-electron chi connectivity index (χ3n) is 5.34. The zero-order valence-corrected chi connectivity index (χ0v) is 20.8. The van der Waals surface area contributed by atoms with Crippen LogP contribution in [0.1, 0.15) is 40.1 Å². The van der Waals surface area contributed by atoms with Crippen LogP contribution in [0.3, 0.4) is 0 Å². The Morgan fingerprint density at radius 1 is 0.621 bits per heavy atom. The van der Waals surface area contributed by atoms with E-state index in [0.717, 1.165) is 21.5 Å². The van der Waals surface area contributed by atoms with E-state index in [0.29, 0.717) is 0 Å². The second-order valence-corrected chi connectivity index (χ2v) is 13.1. The summed E-state index contributed by atoms with van der Waals surface area (Å²) in [5.41, 5.74) is 5.91. The normalized spacial score (nSPS) is 14.3. The molecule has 0 aliphatic heterocycles. The van der Waals surface area contributed by atoms with Gasteiger partial charge in [-0.15, -0.1) is 45.3 Å². The van der Waals surface area contributed by atoms with Crippen LogP contribution in [-0.4, -0.2) is 0 Å². The lowest BCUT2D eigenvalue weighted by Gasteiger charge is -2.07. The Balaban J connectivity index is 1.57. The summed E-state index contributed by atoms with van der Waals surface area (Å²) in [6, 6.07) is 13.0. The van der Waals surface area contributed by atoms with E-state index in [-0.39, 0.29) is 0 Å². The molecule has 0 saturated heterocycles. The van der Waals surface area contributed by atoms with Crippen LogP contribution in [0.25, 0.3) is 30.7 Å². The molecule has 1 aliphatic carbocycles. The lowest BCUT2D eigenvalue weighted by atomic mass is 9.97. The third-order valence-corrected chi connectivity index (χ3v) is 10.3. The molecule has 0 fully saturated rings. The van der Waals surface area contributed by atoms with Gasteiger partial charge in [0.2, 0.25) is 0 Å². The van der Waals surface area contributed by atoms with Crippen LogP contribution in [0.4, 0.5) is 0 Å². The first-order chi connectivity index (χ1) is 14.0. The summed E-state index contributed by atoms with van der Waals surface area (Å²) in [5, 5.41) is 0. The van der Waals surface area contributed by atoms with Crippen molar-refractivity contribution in [2.45, 2.75) is 33.1 Å². The van der Waals surface area contributed by atoms with E-state index >= 15 is 0 Å². The first-order valence-corrected chi connectivity index (χ1v) is 13.5. The van der Waals surface area contributed by atoms with E-state index < -0.39 is 0 Å². The number of hydrogen-bond donors (Lipinski definition) is 0. The highest BCUT2D eigenvalue weighted by molar-refractivity contribution is 7.24. The minimum Gasteiger partial charge on any atom is -0.139 e. The number of rotatable bonds is 4. The molecule has 0 atom stereocenters. The fourth-order valence-corrected chi connectivity index (χ4v) is 8.38. The molecule has 1 aliphatic rings. The highest BCUT2D eigenvalue weighted by Gasteiger charge is 2.23. The largest absolute Gasteiger partial charge is 0.139 e. The van der Waals surface area contributed by atoms with Gasteiger partial charge in [-0.1, -0.05) is 23.2 Å². The highest BCUT2D eigenvalue weighted by Crippen LogP contribution is 2.48. The summed E-state index contributed by atoms with van der Waals surface area (Å²) in [6.45, 7) is 4.50. The van der Waals surface area contributed by atoms with Gasteiger partial charge in [-0.05, 0) is 91.8 Å². The first kappa shape index (κ1) is 20.0. The standard InChI is InChI=1S/C23H18Cl2S4/c1-12-16(10-20(26-12)18-6-8-22(24)28-18)14-4-3-5-15(14)17-11-21(27-13(17)2)19-7-9-23(25)29-19/h6-11H,3-5H2,1-2H3. The van der Waals surface area contributed by atoms with E-state index in [1.807, 2.05) is 34.8 Å². The molecular formula is C23H18Cl2S4. The van der Waals surface area contributed by atoms with Gasteiger partial charge in [-0.2, -0.15) is 0 Å². The Hall–Kier alpha value is -0.880. The van der Waals surface area contributed by atoms with Gasteiger partial charge in [0, 0.05) is 29.3 Å². The predicted molar refractivity (Wildman–Crippen MR) is 135 cm³/mol. The van der Waals surface area contributed by atoms with Crippen LogP contribution >= 0.6 is 68.5 Å². The van der Waals surface area contributed by atoms with Crippen molar-refractivity contribution in [2.24, 2.45) is 0 Å². The minimum absolute atomic E-state index is 0.850. The topological polar surface area (TPSA) is 0 Å². The predicted octanol–water partition coefficient (Wildman–Crippen LogP) is 10.3. The number of hydrogen-bond acceptors (Lipinski definition) is 4. The average Bonchev–Trinajstić information content (AvgIpc) is 3.46. The van der Waals surface area contributed by atoms with E-state index in [1.165, 1.54) is 58.0 Å². The molecule has 4 aromatic heterocycles. The van der Waals surface area contributed by atoms with Crippen molar-refractivity contribution < 1.29 is 0 Å². The fourth-order valence-electron chi connectivity index (χ4n) is 4.04. The number of thiophene rings is 4. The first-order valence-electron chi connectivity index (χ1n) is 9.44. The van der Waals surface area contributed by atoms with Crippen LogP contribution in [0.5, 0.6) is 0 Å². The lowest BCUT2D eigenvalue weighted by molar-refractivity contribution is 0.941. The molecule has 4 heterocycles. The zero-order valence-electron chi connectivity index (χ0n) is 16.0. The summed E-state index contributed by atoms with van der Waals surface area (Å²) in [7, 11) is 0. The van der Waals surface area contributed by atoms with Gasteiger partial charge in [0.15, 0.2) is 0 Å². The van der Waals surface area contributed by atoms with Crippen LogP contribution in [0.2, 0.25) is 8.67 Å². The molecule has 4 aromatic rings. The van der Waals surface area contributed by atoms with Crippen LogP contribution in [-0.2, 0) is 0 Å². The van der Waals surface area contributed by atoms with Gasteiger partial charge >= 0.3 is 0 Å². The summed E-state index contributed by atoms with van der Waals surface area (Å²) >= 11 is 19.4. The Morgan fingerprint density at radius 3 is 1.45 bits per heavy atom. The van der Waals surface area contributed by atoms with E-state index in [4.69, 9.17) is 23.2 Å². The fraction of sp³-hybridized carbons (Fsp3) is 0.217. The smallest absolute Gasteiger partial charge is 0.0935 e. The SMILES string of the molecule is Cc1sc(-c2ccc(Cl)s2)cc1C1=C(c2cc(-c3ccc(Cl)s3)sc2C)CCC1. The molecule has 6 heteroatoms. The van der Waals surface area contributed by atoms with Crippen molar-refractivity contribution in [3.63, 3.8) is 0 Å². The number of halogens is 2. The summed E-state index contributed by atoms with van der Waals surface area (Å²) in [6.07, 6.45) is 3.55. The molecule has 0 bridgehead atoms.